The van der Waals surface area contributed by atoms with Crippen molar-refractivity contribution in [1.29, 1.82) is 0 Å². The van der Waals surface area contributed by atoms with E-state index >= 15 is 0 Å². The highest BCUT2D eigenvalue weighted by Gasteiger charge is 2.11. The normalized spacial score (nSPS) is 12.6. The molecule has 47 heavy (non-hydrogen) atoms. The lowest BCUT2D eigenvalue weighted by molar-refractivity contribution is -0.147. The number of carbonyl (C=O) groups is 2. The molecule has 0 rings (SSSR count). The Morgan fingerprint density at radius 3 is 1.40 bits per heavy atom. The second kappa shape index (κ2) is 38.6. The lowest BCUT2D eigenvalue weighted by Gasteiger charge is -2.14. The van der Waals surface area contributed by atoms with Crippen LogP contribution in [0.15, 0.2) is 36.5 Å². The van der Waals surface area contributed by atoms with Gasteiger partial charge in [0.25, 0.3) is 0 Å². The van der Waals surface area contributed by atoms with E-state index in [1.54, 1.807) is 0 Å². The second-order valence-corrected chi connectivity index (χ2v) is 13.8. The Balaban J connectivity index is 3.90. The molecule has 1 N–H and O–H groups in total. The van der Waals surface area contributed by atoms with Gasteiger partial charge in [0, 0.05) is 12.8 Å². The van der Waals surface area contributed by atoms with Crippen LogP contribution in [0, 0.1) is 0 Å². The first kappa shape index (κ1) is 45.2. The van der Waals surface area contributed by atoms with Gasteiger partial charge in [0.15, 0.2) is 0 Å². The zero-order chi connectivity index (χ0) is 34.3. The van der Waals surface area contributed by atoms with E-state index in [9.17, 15) is 9.59 Å². The van der Waals surface area contributed by atoms with Crippen molar-refractivity contribution in [2.45, 2.75) is 225 Å². The Kier molecular flexibility index (Phi) is 37.1. The molecule has 0 fully saturated rings. The minimum Gasteiger partial charge on any atom is -0.481 e. The van der Waals surface area contributed by atoms with E-state index in [1.165, 1.54) is 135 Å². The third-order valence-corrected chi connectivity index (χ3v) is 9.07. The molecule has 0 amide bonds. The number of unbranched alkanes of at least 4 members (excludes halogenated alkanes) is 24. The third-order valence-electron chi connectivity index (χ3n) is 9.07. The van der Waals surface area contributed by atoms with E-state index in [2.05, 4.69) is 50.3 Å². The summed E-state index contributed by atoms with van der Waals surface area (Å²) in [5, 5.41) is 8.83. The van der Waals surface area contributed by atoms with Crippen LogP contribution in [0.3, 0.4) is 0 Å². The molecule has 0 saturated carbocycles. The number of carboxylic acid groups (broad SMARTS) is 1. The fourth-order valence-electron chi connectivity index (χ4n) is 6.01. The number of esters is 1. The van der Waals surface area contributed by atoms with Gasteiger partial charge in [0.1, 0.15) is 6.10 Å². The van der Waals surface area contributed by atoms with Gasteiger partial charge < -0.3 is 9.84 Å². The van der Waals surface area contributed by atoms with Gasteiger partial charge in [-0.15, -0.1) is 0 Å². The minimum absolute atomic E-state index is 0.0798. The molecular formula is C43H78O4. The number of ether oxygens (including phenoxy) is 1. The van der Waals surface area contributed by atoms with Crippen molar-refractivity contribution < 1.29 is 19.4 Å². The number of hydrogen-bond donors (Lipinski definition) is 1. The van der Waals surface area contributed by atoms with E-state index in [0.29, 0.717) is 6.42 Å². The molecule has 0 aliphatic rings. The highest BCUT2D eigenvalue weighted by Crippen LogP contribution is 2.16. The predicted octanol–water partition coefficient (Wildman–Crippen LogP) is 14.2. The van der Waals surface area contributed by atoms with Crippen molar-refractivity contribution in [2.75, 3.05) is 0 Å². The van der Waals surface area contributed by atoms with Gasteiger partial charge in [-0.1, -0.05) is 166 Å². The van der Waals surface area contributed by atoms with E-state index in [-0.39, 0.29) is 18.5 Å². The molecule has 274 valence electrons. The maximum Gasteiger partial charge on any atom is 0.306 e. The molecule has 0 spiro atoms. The molecule has 0 aromatic heterocycles. The Hall–Kier alpha value is -1.84. The molecule has 0 aliphatic carbocycles. The smallest absolute Gasteiger partial charge is 0.306 e. The number of carbonyl (C=O) groups excluding carboxylic acids is 1. The minimum atomic E-state index is -0.726. The molecule has 0 aromatic carbocycles. The first-order valence-corrected chi connectivity index (χ1v) is 20.5. The molecule has 0 radical (unpaired) electrons. The Morgan fingerprint density at radius 1 is 0.489 bits per heavy atom. The van der Waals surface area contributed by atoms with Crippen LogP contribution in [0.4, 0.5) is 0 Å². The lowest BCUT2D eigenvalue weighted by Crippen LogP contribution is -2.16. The number of carboxylic acids is 1. The molecule has 4 heteroatoms. The van der Waals surface area contributed by atoms with Gasteiger partial charge in [-0.3, -0.25) is 9.59 Å². The average molecular weight is 659 g/mol. The number of aliphatic carboxylic acids is 1. The second-order valence-electron chi connectivity index (χ2n) is 13.8. The van der Waals surface area contributed by atoms with Crippen LogP contribution in [0.2, 0.25) is 0 Å². The van der Waals surface area contributed by atoms with Crippen LogP contribution in [-0.4, -0.2) is 23.1 Å². The number of hydrogen-bond acceptors (Lipinski definition) is 3. The summed E-state index contributed by atoms with van der Waals surface area (Å²) in [6.07, 6.45) is 50.4. The van der Waals surface area contributed by atoms with Crippen molar-refractivity contribution in [3.05, 3.63) is 36.5 Å². The van der Waals surface area contributed by atoms with Gasteiger partial charge in [-0.25, -0.2) is 0 Å². The van der Waals surface area contributed by atoms with Gasteiger partial charge in [-0.2, -0.15) is 0 Å². The summed E-state index contributed by atoms with van der Waals surface area (Å²) in [6.45, 7) is 4.52. The molecule has 0 bridgehead atoms. The average Bonchev–Trinajstić information content (AvgIpc) is 3.05. The maximum absolute atomic E-state index is 12.6. The fraction of sp³-hybridized carbons (Fsp3) is 0.814. The number of allylic oxidation sites excluding steroid dienone is 5. The van der Waals surface area contributed by atoms with Crippen molar-refractivity contribution in [3.63, 3.8) is 0 Å². The van der Waals surface area contributed by atoms with Crippen molar-refractivity contribution in [3.8, 4) is 0 Å². The summed E-state index contributed by atoms with van der Waals surface area (Å²) >= 11 is 0. The molecule has 0 aromatic rings. The SMILES string of the molecule is CCCCCC/C=C\C/C=C\C(CCCCCCC(=O)O)OC(=O)CCCCCCCCCCC/C=C\CCCCCCCCCC. The van der Waals surface area contributed by atoms with Crippen LogP contribution in [0.25, 0.3) is 0 Å². The van der Waals surface area contributed by atoms with Crippen molar-refractivity contribution in [2.24, 2.45) is 0 Å². The molecular weight excluding hydrogens is 580 g/mol. The quantitative estimate of drug-likeness (QED) is 0.0410. The van der Waals surface area contributed by atoms with Gasteiger partial charge in [0.05, 0.1) is 0 Å². The molecule has 0 aliphatic heterocycles. The topological polar surface area (TPSA) is 63.6 Å². The zero-order valence-electron chi connectivity index (χ0n) is 31.3. The Labute approximate surface area is 292 Å². The lowest BCUT2D eigenvalue weighted by atomic mass is 10.0. The van der Waals surface area contributed by atoms with Crippen molar-refractivity contribution in [1.82, 2.24) is 0 Å². The Morgan fingerprint density at radius 2 is 0.894 bits per heavy atom. The zero-order valence-corrected chi connectivity index (χ0v) is 31.3. The standard InChI is InChI=1S/C43H78O4/c1-3-5-7-9-11-13-14-15-16-17-18-19-20-21-22-23-24-26-28-30-36-40-43(46)47-41(38-34-31-32-35-39-42(44)45)37-33-29-27-25-12-10-8-6-4-2/h17-18,25,27,33,37,41H,3-16,19-24,26,28-32,34-36,38-40H2,1-2H3,(H,44,45)/b18-17-,27-25-,37-33-. The van der Waals surface area contributed by atoms with E-state index < -0.39 is 5.97 Å². The van der Waals surface area contributed by atoms with Crippen LogP contribution in [0.5, 0.6) is 0 Å². The molecule has 0 saturated heterocycles. The summed E-state index contributed by atoms with van der Waals surface area (Å²) in [6, 6.07) is 0. The summed E-state index contributed by atoms with van der Waals surface area (Å²) in [7, 11) is 0. The summed E-state index contributed by atoms with van der Waals surface area (Å²) in [5.41, 5.74) is 0. The van der Waals surface area contributed by atoms with Gasteiger partial charge in [0.2, 0.25) is 0 Å². The highest BCUT2D eigenvalue weighted by molar-refractivity contribution is 5.69. The van der Waals surface area contributed by atoms with E-state index in [4.69, 9.17) is 9.84 Å². The van der Waals surface area contributed by atoms with Gasteiger partial charge in [-0.05, 0) is 76.7 Å². The van der Waals surface area contributed by atoms with E-state index in [0.717, 1.165) is 57.8 Å². The van der Waals surface area contributed by atoms with Gasteiger partial charge >= 0.3 is 11.9 Å². The molecule has 0 heterocycles. The predicted molar refractivity (Wildman–Crippen MR) is 204 cm³/mol. The molecule has 1 atom stereocenters. The maximum atomic E-state index is 12.6. The van der Waals surface area contributed by atoms with Crippen molar-refractivity contribution >= 4 is 11.9 Å². The van der Waals surface area contributed by atoms with E-state index in [1.807, 2.05) is 0 Å². The molecule has 4 nitrogen and oxygen atoms in total. The van der Waals surface area contributed by atoms with Crippen LogP contribution >= 0.6 is 0 Å². The van der Waals surface area contributed by atoms with Crippen LogP contribution in [0.1, 0.15) is 219 Å². The number of rotatable bonds is 37. The summed E-state index contributed by atoms with van der Waals surface area (Å²) < 4.78 is 5.86. The van der Waals surface area contributed by atoms with Crippen LogP contribution in [-0.2, 0) is 14.3 Å². The summed E-state index contributed by atoms with van der Waals surface area (Å²) in [4.78, 5) is 23.3. The first-order chi connectivity index (χ1) is 23.1. The third kappa shape index (κ3) is 38.5. The largest absolute Gasteiger partial charge is 0.481 e. The monoisotopic (exact) mass is 659 g/mol. The highest BCUT2D eigenvalue weighted by atomic mass is 16.5. The van der Waals surface area contributed by atoms with Crippen LogP contribution < -0.4 is 0 Å². The first-order valence-electron chi connectivity index (χ1n) is 20.5. The summed E-state index contributed by atoms with van der Waals surface area (Å²) in [5.74, 6) is -0.805. The molecule has 1 unspecified atom stereocenters. The Bertz CT molecular complexity index is 753. The fourth-order valence-corrected chi connectivity index (χ4v) is 6.01.